The molecule has 0 unspecified atom stereocenters. The van der Waals surface area contributed by atoms with Crippen molar-refractivity contribution in [3.8, 4) is 0 Å². The molecular weight excluding hydrogens is 390 g/mol. The minimum Gasteiger partial charge on any atom is -0.323 e. The van der Waals surface area contributed by atoms with Crippen LogP contribution in [0.2, 0.25) is 5.02 Å². The number of amides is 4. The highest BCUT2D eigenvalue weighted by molar-refractivity contribution is 6.31. The second-order valence-electron chi connectivity index (χ2n) is 7.40. The van der Waals surface area contributed by atoms with Crippen LogP contribution in [0.4, 0.5) is 21.0 Å². The van der Waals surface area contributed by atoms with E-state index in [0.29, 0.717) is 24.7 Å². The van der Waals surface area contributed by atoms with Crippen molar-refractivity contribution in [3.05, 3.63) is 58.6 Å². The van der Waals surface area contributed by atoms with Gasteiger partial charge in [0.15, 0.2) is 0 Å². The van der Waals surface area contributed by atoms with E-state index in [1.54, 1.807) is 4.90 Å². The minimum atomic E-state index is -0.184. The predicted molar refractivity (Wildman–Crippen MR) is 114 cm³/mol. The molecule has 0 atom stereocenters. The molecule has 152 valence electrons. The monoisotopic (exact) mass is 413 g/mol. The highest BCUT2D eigenvalue weighted by atomic mass is 35.5. The van der Waals surface area contributed by atoms with Crippen molar-refractivity contribution < 1.29 is 9.59 Å². The van der Waals surface area contributed by atoms with Crippen LogP contribution in [0, 0.1) is 6.92 Å². The molecule has 7 nitrogen and oxygen atoms in total. The lowest BCUT2D eigenvalue weighted by Crippen LogP contribution is -2.53. The maximum absolute atomic E-state index is 12.5. The van der Waals surface area contributed by atoms with Gasteiger partial charge in [0.25, 0.3) is 0 Å². The van der Waals surface area contributed by atoms with Crippen LogP contribution in [0.15, 0.2) is 42.5 Å². The maximum atomic E-state index is 12.5. The van der Waals surface area contributed by atoms with E-state index in [4.69, 9.17) is 11.6 Å². The fourth-order valence-corrected chi connectivity index (χ4v) is 4.02. The van der Waals surface area contributed by atoms with Crippen molar-refractivity contribution >= 4 is 35.0 Å². The van der Waals surface area contributed by atoms with Gasteiger partial charge in [-0.1, -0.05) is 35.9 Å². The molecule has 2 aliphatic heterocycles. The Kier molecular flexibility index (Phi) is 5.49. The minimum absolute atomic E-state index is 0.0651. The standard InChI is InChI=1S/C21H24ClN5O2/c1-14-17(22)6-4-8-18(14)24-25-21(29)26-11-9-16(10-12-26)27-13-15-5-2-3-7-19(15)23-20(27)28/h2-8,16,24H,9-13H2,1H3,(H,23,28)(H,25,29). The Labute approximate surface area is 175 Å². The summed E-state index contributed by atoms with van der Waals surface area (Å²) in [4.78, 5) is 28.6. The average molecular weight is 414 g/mol. The number of hydrogen-bond donors (Lipinski definition) is 3. The summed E-state index contributed by atoms with van der Waals surface area (Å²) in [6.45, 7) is 3.69. The molecule has 0 bridgehead atoms. The molecule has 0 aliphatic carbocycles. The average Bonchev–Trinajstić information content (AvgIpc) is 2.74. The number of anilines is 2. The van der Waals surface area contributed by atoms with Crippen LogP contribution in [-0.4, -0.2) is 41.0 Å². The van der Waals surface area contributed by atoms with Crippen molar-refractivity contribution in [1.29, 1.82) is 0 Å². The first-order valence-electron chi connectivity index (χ1n) is 9.74. The fourth-order valence-electron chi connectivity index (χ4n) is 3.84. The van der Waals surface area contributed by atoms with Crippen LogP contribution in [-0.2, 0) is 6.54 Å². The largest absolute Gasteiger partial charge is 0.336 e. The van der Waals surface area contributed by atoms with Crippen molar-refractivity contribution in [3.63, 3.8) is 0 Å². The van der Waals surface area contributed by atoms with Gasteiger partial charge in [0, 0.05) is 36.4 Å². The summed E-state index contributed by atoms with van der Waals surface area (Å²) in [7, 11) is 0. The third kappa shape index (κ3) is 4.10. The van der Waals surface area contributed by atoms with Gasteiger partial charge in [0.1, 0.15) is 0 Å². The third-order valence-electron chi connectivity index (χ3n) is 5.62. The van der Waals surface area contributed by atoms with Crippen LogP contribution < -0.4 is 16.2 Å². The zero-order chi connectivity index (χ0) is 20.4. The summed E-state index contributed by atoms with van der Waals surface area (Å²) in [5.41, 5.74) is 9.33. The number of hydrazine groups is 1. The molecule has 0 saturated carbocycles. The molecule has 2 aromatic rings. The van der Waals surface area contributed by atoms with Gasteiger partial charge in [0.05, 0.1) is 5.69 Å². The molecular formula is C21H24ClN5O2. The summed E-state index contributed by atoms with van der Waals surface area (Å²) < 4.78 is 0. The van der Waals surface area contributed by atoms with Gasteiger partial charge >= 0.3 is 12.1 Å². The summed E-state index contributed by atoms with van der Waals surface area (Å²) >= 11 is 6.11. The van der Waals surface area contributed by atoms with E-state index >= 15 is 0 Å². The first-order chi connectivity index (χ1) is 14.0. The maximum Gasteiger partial charge on any atom is 0.336 e. The molecule has 3 N–H and O–H groups in total. The number of carbonyl (C=O) groups excluding carboxylic acids is 2. The Balaban J connectivity index is 1.31. The lowest BCUT2D eigenvalue weighted by Gasteiger charge is -2.40. The Hall–Kier alpha value is -2.93. The number of nitrogens with zero attached hydrogens (tertiary/aromatic N) is 2. The normalized spacial score (nSPS) is 16.8. The fraction of sp³-hybridized carbons (Fsp3) is 0.333. The molecule has 2 aliphatic rings. The summed E-state index contributed by atoms with van der Waals surface area (Å²) in [5.74, 6) is 0. The van der Waals surface area contributed by atoms with Crippen molar-refractivity contribution in [2.75, 3.05) is 23.8 Å². The number of benzene rings is 2. The van der Waals surface area contributed by atoms with E-state index in [-0.39, 0.29) is 18.1 Å². The Bertz CT molecular complexity index is 927. The Morgan fingerprint density at radius 2 is 1.90 bits per heavy atom. The molecule has 4 amide bonds. The number of piperidine rings is 1. The second-order valence-corrected chi connectivity index (χ2v) is 7.81. The van der Waals surface area contributed by atoms with Crippen LogP contribution in [0.1, 0.15) is 24.0 Å². The van der Waals surface area contributed by atoms with E-state index in [2.05, 4.69) is 16.2 Å². The predicted octanol–water partition coefficient (Wildman–Crippen LogP) is 4.20. The number of likely N-dealkylation sites (tertiary alicyclic amines) is 1. The molecule has 0 spiro atoms. The van der Waals surface area contributed by atoms with Crippen molar-refractivity contribution in [2.24, 2.45) is 0 Å². The van der Waals surface area contributed by atoms with Crippen LogP contribution in [0.3, 0.4) is 0 Å². The molecule has 1 fully saturated rings. The molecule has 29 heavy (non-hydrogen) atoms. The molecule has 4 rings (SSSR count). The Morgan fingerprint density at radius 1 is 1.14 bits per heavy atom. The number of para-hydroxylation sites is 1. The van der Waals surface area contributed by atoms with Crippen LogP contribution in [0.5, 0.6) is 0 Å². The lowest BCUT2D eigenvalue weighted by molar-refractivity contribution is 0.129. The van der Waals surface area contributed by atoms with Crippen molar-refractivity contribution in [2.45, 2.75) is 32.4 Å². The summed E-state index contributed by atoms with van der Waals surface area (Å²) in [5, 5.41) is 3.61. The smallest absolute Gasteiger partial charge is 0.323 e. The number of urea groups is 2. The van der Waals surface area contributed by atoms with Crippen LogP contribution in [0.25, 0.3) is 0 Å². The second kappa shape index (κ2) is 8.21. The van der Waals surface area contributed by atoms with E-state index < -0.39 is 0 Å². The first kappa shape index (κ1) is 19.4. The molecule has 2 heterocycles. The molecule has 2 aromatic carbocycles. The van der Waals surface area contributed by atoms with Gasteiger partial charge < -0.3 is 15.1 Å². The van der Waals surface area contributed by atoms with Gasteiger partial charge in [-0.15, -0.1) is 0 Å². The summed E-state index contributed by atoms with van der Waals surface area (Å²) in [6, 6.07) is 13.2. The lowest BCUT2D eigenvalue weighted by atomic mass is 10.0. The van der Waals surface area contributed by atoms with Gasteiger partial charge in [-0.2, -0.15) is 0 Å². The quantitative estimate of drug-likeness (QED) is 0.660. The molecule has 8 heteroatoms. The first-order valence-corrected chi connectivity index (χ1v) is 10.1. The van der Waals surface area contributed by atoms with E-state index in [1.165, 1.54) is 0 Å². The van der Waals surface area contributed by atoms with Gasteiger partial charge in [0.2, 0.25) is 0 Å². The highest BCUT2D eigenvalue weighted by Gasteiger charge is 2.32. The van der Waals surface area contributed by atoms with E-state index in [9.17, 15) is 9.59 Å². The number of hydrogen-bond acceptors (Lipinski definition) is 3. The number of rotatable bonds is 3. The molecule has 1 saturated heterocycles. The van der Waals surface area contributed by atoms with Gasteiger partial charge in [-0.05, 0) is 49.1 Å². The molecule has 0 radical (unpaired) electrons. The number of nitrogens with one attached hydrogen (secondary N) is 3. The van der Waals surface area contributed by atoms with Gasteiger partial charge in [-0.3, -0.25) is 10.9 Å². The van der Waals surface area contributed by atoms with Crippen LogP contribution >= 0.6 is 11.6 Å². The Morgan fingerprint density at radius 3 is 2.69 bits per heavy atom. The zero-order valence-electron chi connectivity index (χ0n) is 16.2. The zero-order valence-corrected chi connectivity index (χ0v) is 17.0. The number of carbonyl (C=O) groups is 2. The third-order valence-corrected chi connectivity index (χ3v) is 6.03. The van der Waals surface area contributed by atoms with E-state index in [1.807, 2.05) is 54.3 Å². The highest BCUT2D eigenvalue weighted by Crippen LogP contribution is 2.27. The van der Waals surface area contributed by atoms with Gasteiger partial charge in [-0.25, -0.2) is 9.59 Å². The molecule has 0 aromatic heterocycles. The topological polar surface area (TPSA) is 76.7 Å². The SMILES string of the molecule is Cc1c(Cl)cccc1NNC(=O)N1CCC(N2Cc3ccccc3NC2=O)CC1. The van der Waals surface area contributed by atoms with E-state index in [0.717, 1.165) is 35.3 Å². The number of fused-ring (bicyclic) bond motifs is 1. The summed E-state index contributed by atoms with van der Waals surface area (Å²) in [6.07, 6.45) is 1.50. The van der Waals surface area contributed by atoms with Crippen molar-refractivity contribution in [1.82, 2.24) is 15.2 Å². The number of halogens is 1.